The van der Waals surface area contributed by atoms with Gasteiger partial charge in [-0.05, 0) is 58.2 Å². The van der Waals surface area contributed by atoms with Crippen LogP contribution in [0, 0.1) is 0 Å². The number of nitrogens with one attached hydrogen (secondary N) is 1. The molecule has 0 unspecified atom stereocenters. The molecule has 1 aliphatic rings. The number of halogens is 2. The van der Waals surface area contributed by atoms with Gasteiger partial charge in [0, 0.05) is 21.4 Å². The molecule has 7 heteroatoms. The van der Waals surface area contributed by atoms with Crippen molar-refractivity contribution in [2.24, 2.45) is 0 Å². The van der Waals surface area contributed by atoms with Gasteiger partial charge in [-0.2, -0.15) is 0 Å². The van der Waals surface area contributed by atoms with Gasteiger partial charge in [0.15, 0.2) is 0 Å². The maximum Gasteiger partial charge on any atom is 0.229 e. The van der Waals surface area contributed by atoms with Gasteiger partial charge in [0.25, 0.3) is 0 Å². The van der Waals surface area contributed by atoms with Gasteiger partial charge in [-0.25, -0.2) is 8.42 Å². The van der Waals surface area contributed by atoms with E-state index in [0.29, 0.717) is 15.7 Å². The molecular formula is C22H17Cl2NO2S2. The van der Waals surface area contributed by atoms with E-state index in [-0.39, 0.29) is 0 Å². The van der Waals surface area contributed by atoms with Crippen molar-refractivity contribution >= 4 is 62.3 Å². The molecule has 0 amide bonds. The van der Waals surface area contributed by atoms with Crippen molar-refractivity contribution in [1.82, 2.24) is 0 Å². The normalized spacial score (nSPS) is 14.8. The summed E-state index contributed by atoms with van der Waals surface area (Å²) in [4.78, 5) is 0.990. The van der Waals surface area contributed by atoms with E-state index in [4.69, 9.17) is 23.2 Å². The Hall–Kier alpha value is -1.92. The summed E-state index contributed by atoms with van der Waals surface area (Å²) in [5.41, 5.74) is 5.68. The standard InChI is InChI=1S/C22H17Cl2NO2S2/c1-29(26,27)25-17-7-4-5-14(9-17)10-19-18-8-3-2-6-15(18)13-28-22-20(19)11-16(23)12-21(22)24/h2-12,25H,13H2,1H3. The molecule has 0 saturated carbocycles. The summed E-state index contributed by atoms with van der Waals surface area (Å²) in [6.45, 7) is 0. The van der Waals surface area contributed by atoms with Crippen molar-refractivity contribution in [3.63, 3.8) is 0 Å². The van der Waals surface area contributed by atoms with Crippen LogP contribution in [-0.2, 0) is 15.8 Å². The van der Waals surface area contributed by atoms with Gasteiger partial charge in [-0.15, -0.1) is 11.8 Å². The van der Waals surface area contributed by atoms with Crippen LogP contribution >= 0.6 is 35.0 Å². The molecule has 0 spiro atoms. The quantitative estimate of drug-likeness (QED) is 0.480. The number of hydrogen-bond donors (Lipinski definition) is 1. The van der Waals surface area contributed by atoms with E-state index in [0.717, 1.165) is 39.2 Å². The molecule has 148 valence electrons. The predicted molar refractivity (Wildman–Crippen MR) is 124 cm³/mol. The molecule has 1 N–H and O–H groups in total. The molecule has 0 fully saturated rings. The Bertz CT molecular complexity index is 1240. The van der Waals surface area contributed by atoms with Crippen molar-refractivity contribution in [1.29, 1.82) is 0 Å². The van der Waals surface area contributed by atoms with Crippen LogP contribution in [0.2, 0.25) is 10.0 Å². The zero-order valence-electron chi connectivity index (χ0n) is 15.4. The van der Waals surface area contributed by atoms with Gasteiger partial charge in [0.1, 0.15) is 0 Å². The summed E-state index contributed by atoms with van der Waals surface area (Å²) in [5.74, 6) is 0.803. The van der Waals surface area contributed by atoms with Gasteiger partial charge >= 0.3 is 0 Å². The average molecular weight is 462 g/mol. The Kier molecular flexibility index (Phi) is 5.67. The third kappa shape index (κ3) is 4.64. The molecule has 0 aliphatic carbocycles. The van der Waals surface area contributed by atoms with Gasteiger partial charge in [0.05, 0.1) is 11.3 Å². The second-order valence-corrected chi connectivity index (χ2v) is 10.3. The number of benzene rings is 3. The number of rotatable bonds is 3. The van der Waals surface area contributed by atoms with E-state index < -0.39 is 10.0 Å². The Labute approximate surface area is 184 Å². The van der Waals surface area contributed by atoms with Crippen molar-refractivity contribution in [2.75, 3.05) is 11.0 Å². The van der Waals surface area contributed by atoms with Gasteiger partial charge in [-0.1, -0.05) is 59.6 Å². The topological polar surface area (TPSA) is 46.2 Å². The Balaban J connectivity index is 1.92. The van der Waals surface area contributed by atoms with E-state index in [9.17, 15) is 8.42 Å². The molecule has 29 heavy (non-hydrogen) atoms. The molecule has 1 aliphatic heterocycles. The molecule has 0 atom stereocenters. The highest BCUT2D eigenvalue weighted by Crippen LogP contribution is 2.45. The highest BCUT2D eigenvalue weighted by molar-refractivity contribution is 7.98. The highest BCUT2D eigenvalue weighted by atomic mass is 35.5. The molecule has 0 bridgehead atoms. The third-order valence-electron chi connectivity index (χ3n) is 4.48. The molecule has 0 saturated heterocycles. The maximum atomic E-state index is 11.6. The van der Waals surface area contributed by atoms with Crippen LogP contribution in [0.3, 0.4) is 0 Å². The largest absolute Gasteiger partial charge is 0.284 e. The molecule has 4 rings (SSSR count). The minimum Gasteiger partial charge on any atom is -0.284 e. The molecule has 3 aromatic rings. The summed E-state index contributed by atoms with van der Waals surface area (Å²) in [7, 11) is -3.35. The van der Waals surface area contributed by atoms with E-state index in [1.165, 1.54) is 5.56 Å². The van der Waals surface area contributed by atoms with Crippen LogP contribution in [-0.4, -0.2) is 14.7 Å². The zero-order valence-corrected chi connectivity index (χ0v) is 18.6. The predicted octanol–water partition coefficient (Wildman–Crippen LogP) is 6.56. The van der Waals surface area contributed by atoms with E-state index in [1.54, 1.807) is 30.0 Å². The fourth-order valence-corrected chi connectivity index (χ4v) is 5.62. The van der Waals surface area contributed by atoms with Crippen molar-refractivity contribution in [2.45, 2.75) is 10.6 Å². The second kappa shape index (κ2) is 8.07. The van der Waals surface area contributed by atoms with E-state index in [2.05, 4.69) is 16.9 Å². The van der Waals surface area contributed by atoms with Gasteiger partial charge in [-0.3, -0.25) is 4.72 Å². The van der Waals surface area contributed by atoms with Gasteiger partial charge < -0.3 is 0 Å². The lowest BCUT2D eigenvalue weighted by Crippen LogP contribution is -2.09. The number of fused-ring (bicyclic) bond motifs is 2. The first-order valence-electron chi connectivity index (χ1n) is 8.80. The lowest BCUT2D eigenvalue weighted by atomic mass is 9.92. The monoisotopic (exact) mass is 461 g/mol. The summed E-state index contributed by atoms with van der Waals surface area (Å²) in [6.07, 6.45) is 3.18. The van der Waals surface area contributed by atoms with Crippen LogP contribution in [0.1, 0.15) is 22.3 Å². The van der Waals surface area contributed by atoms with Crippen molar-refractivity contribution in [3.05, 3.63) is 93.0 Å². The Morgan fingerprint density at radius 2 is 1.79 bits per heavy atom. The minimum absolute atomic E-state index is 0.516. The first-order chi connectivity index (χ1) is 13.8. The minimum atomic E-state index is -3.35. The van der Waals surface area contributed by atoms with Crippen LogP contribution < -0.4 is 4.72 Å². The van der Waals surface area contributed by atoms with Crippen molar-refractivity contribution < 1.29 is 8.42 Å². The molecule has 3 nitrogen and oxygen atoms in total. The molecule has 0 aromatic heterocycles. The van der Waals surface area contributed by atoms with Crippen molar-refractivity contribution in [3.8, 4) is 0 Å². The van der Waals surface area contributed by atoms with E-state index in [1.807, 2.05) is 36.4 Å². The number of anilines is 1. The second-order valence-electron chi connectivity index (χ2n) is 6.77. The zero-order chi connectivity index (χ0) is 20.6. The fourth-order valence-electron chi connectivity index (χ4n) is 3.34. The van der Waals surface area contributed by atoms with Crippen LogP contribution in [0.15, 0.2) is 65.6 Å². The summed E-state index contributed by atoms with van der Waals surface area (Å²) in [5, 5.41) is 1.20. The average Bonchev–Trinajstić information content (AvgIpc) is 2.79. The molecular weight excluding hydrogens is 445 g/mol. The van der Waals surface area contributed by atoms with Crippen LogP contribution in [0.25, 0.3) is 11.6 Å². The smallest absolute Gasteiger partial charge is 0.229 e. The lowest BCUT2D eigenvalue weighted by molar-refractivity contribution is 0.607. The first-order valence-corrected chi connectivity index (χ1v) is 12.4. The number of thioether (sulfide) groups is 1. The lowest BCUT2D eigenvalue weighted by Gasteiger charge is -2.13. The highest BCUT2D eigenvalue weighted by Gasteiger charge is 2.21. The van der Waals surface area contributed by atoms with E-state index >= 15 is 0 Å². The number of sulfonamides is 1. The SMILES string of the molecule is CS(=O)(=O)Nc1cccc(C=C2c3ccccc3CSc3c(Cl)cc(Cl)cc32)c1. The van der Waals surface area contributed by atoms with Crippen LogP contribution in [0.5, 0.6) is 0 Å². The Morgan fingerprint density at radius 3 is 2.59 bits per heavy atom. The third-order valence-corrected chi connectivity index (χ3v) is 6.90. The molecule has 1 heterocycles. The molecule has 3 aromatic carbocycles. The molecule has 0 radical (unpaired) electrons. The summed E-state index contributed by atoms with van der Waals surface area (Å²) < 4.78 is 25.7. The Morgan fingerprint density at radius 1 is 1.00 bits per heavy atom. The summed E-state index contributed by atoms with van der Waals surface area (Å²) >= 11 is 14.5. The fraction of sp³-hybridized carbons (Fsp3) is 0.0909. The van der Waals surface area contributed by atoms with Gasteiger partial charge in [0.2, 0.25) is 10.0 Å². The first kappa shape index (κ1) is 20.4. The maximum absolute atomic E-state index is 11.6. The van der Waals surface area contributed by atoms with Crippen LogP contribution in [0.4, 0.5) is 5.69 Å². The summed E-state index contributed by atoms with van der Waals surface area (Å²) in [6, 6.07) is 19.2. The number of hydrogen-bond acceptors (Lipinski definition) is 3.